The van der Waals surface area contributed by atoms with Gasteiger partial charge < -0.3 is 4.42 Å². The molecule has 4 aromatic rings. The average molecular weight is 377 g/mol. The number of carbonyl (C=O) groups is 1. The van der Waals surface area contributed by atoms with Gasteiger partial charge in [0.05, 0.1) is 35.9 Å². The first-order valence-corrected chi connectivity index (χ1v) is 9.03. The first kappa shape index (κ1) is 17.2. The molecule has 0 N–H and O–H groups in total. The lowest BCUT2D eigenvalue weighted by Crippen LogP contribution is -2.05. The van der Waals surface area contributed by atoms with Crippen molar-refractivity contribution < 1.29 is 9.21 Å². The molecule has 0 unspecified atom stereocenters. The molecule has 27 heavy (non-hydrogen) atoms. The van der Waals surface area contributed by atoms with Crippen LogP contribution in [0.3, 0.4) is 0 Å². The van der Waals surface area contributed by atoms with Crippen LogP contribution in [0.1, 0.15) is 26.6 Å². The van der Waals surface area contributed by atoms with Crippen molar-refractivity contribution >= 4 is 17.3 Å². The van der Waals surface area contributed by atoms with E-state index in [1.807, 2.05) is 25.1 Å². The monoisotopic (exact) mass is 377 g/mol. The summed E-state index contributed by atoms with van der Waals surface area (Å²) in [6.07, 6.45) is 6.64. The molecule has 0 radical (unpaired) electrons. The molecule has 0 aliphatic rings. The maximum Gasteiger partial charge on any atom is 0.225 e. The van der Waals surface area contributed by atoms with E-state index in [-0.39, 0.29) is 12.2 Å². The Morgan fingerprint density at radius 3 is 2.70 bits per heavy atom. The van der Waals surface area contributed by atoms with Crippen LogP contribution in [0, 0.1) is 13.8 Å². The number of oxazole rings is 1. The number of Topliss-reactive ketones (excluding diaryl/α,β-unsaturated/α-hetero) is 1. The third kappa shape index (κ3) is 3.52. The zero-order chi connectivity index (χ0) is 18.8. The van der Waals surface area contributed by atoms with Crippen molar-refractivity contribution in [2.24, 2.45) is 0 Å². The average Bonchev–Trinajstić information content (AvgIpc) is 3.35. The number of carbonyl (C=O) groups excluding carboxylic acids is 1. The summed E-state index contributed by atoms with van der Waals surface area (Å²) in [6, 6.07) is 5.92. The summed E-state index contributed by atoms with van der Waals surface area (Å²) in [5.74, 6) is 0.506. The van der Waals surface area contributed by atoms with Crippen LogP contribution in [0.4, 0.5) is 0 Å². The van der Waals surface area contributed by atoms with Crippen molar-refractivity contribution in [3.63, 3.8) is 0 Å². The minimum atomic E-state index is -0.0494. The van der Waals surface area contributed by atoms with Gasteiger partial charge in [0.2, 0.25) is 5.89 Å². The highest BCUT2D eigenvalue weighted by atomic mass is 32.1. The molecule has 134 valence electrons. The van der Waals surface area contributed by atoms with Crippen LogP contribution in [0.2, 0.25) is 0 Å². The summed E-state index contributed by atoms with van der Waals surface area (Å²) < 4.78 is 9.16. The van der Waals surface area contributed by atoms with E-state index in [0.717, 1.165) is 33.9 Å². The van der Waals surface area contributed by atoms with Crippen LogP contribution < -0.4 is 0 Å². The number of rotatable bonds is 5. The Balaban J connectivity index is 1.58. The first-order chi connectivity index (χ1) is 13.1. The quantitative estimate of drug-likeness (QED) is 0.489. The van der Waals surface area contributed by atoms with Crippen LogP contribution in [-0.2, 0) is 6.42 Å². The highest BCUT2D eigenvalue weighted by Gasteiger charge is 2.15. The fourth-order valence-electron chi connectivity index (χ4n) is 2.71. The van der Waals surface area contributed by atoms with Gasteiger partial charge in [-0.3, -0.25) is 14.8 Å². The van der Waals surface area contributed by atoms with Crippen LogP contribution in [0.5, 0.6) is 0 Å². The standard InChI is InChI=1S/C19H15N5O2S/c1-11-3-4-13(19-20-5-6-26-19)7-15(11)16-10-21-14(9-22-16)8-17(25)18-12(2)23-24-27-18/h3-7,9-10H,8H2,1-2H3. The van der Waals surface area contributed by atoms with Gasteiger partial charge in [-0.1, -0.05) is 10.6 Å². The SMILES string of the molecule is Cc1ccc(-c2ncco2)cc1-c1cnc(CC(=O)c2snnc2C)cn1. The first-order valence-electron chi connectivity index (χ1n) is 8.26. The molecule has 0 spiro atoms. The maximum absolute atomic E-state index is 12.3. The molecule has 0 fully saturated rings. The topological polar surface area (TPSA) is 94.7 Å². The van der Waals surface area contributed by atoms with Crippen molar-refractivity contribution in [2.45, 2.75) is 20.3 Å². The van der Waals surface area contributed by atoms with Gasteiger partial charge in [0.25, 0.3) is 0 Å². The molecule has 0 saturated heterocycles. The van der Waals surface area contributed by atoms with E-state index in [2.05, 4.69) is 24.5 Å². The molecule has 0 atom stereocenters. The van der Waals surface area contributed by atoms with Gasteiger partial charge in [-0.05, 0) is 43.1 Å². The van der Waals surface area contributed by atoms with Crippen LogP contribution in [0.25, 0.3) is 22.7 Å². The van der Waals surface area contributed by atoms with E-state index >= 15 is 0 Å². The second kappa shape index (κ2) is 7.16. The number of hydrogen-bond acceptors (Lipinski definition) is 8. The van der Waals surface area contributed by atoms with E-state index < -0.39 is 0 Å². The van der Waals surface area contributed by atoms with Crippen LogP contribution in [0.15, 0.2) is 47.5 Å². The summed E-state index contributed by atoms with van der Waals surface area (Å²) in [6.45, 7) is 3.78. The highest BCUT2D eigenvalue weighted by Crippen LogP contribution is 2.27. The normalized spacial score (nSPS) is 10.9. The van der Waals surface area contributed by atoms with Gasteiger partial charge in [-0.25, -0.2) is 4.98 Å². The molecule has 7 nitrogen and oxygen atoms in total. The number of benzene rings is 1. The Morgan fingerprint density at radius 1 is 1.15 bits per heavy atom. The lowest BCUT2D eigenvalue weighted by atomic mass is 10.0. The molecule has 0 saturated carbocycles. The van der Waals surface area contributed by atoms with Crippen molar-refractivity contribution in [3.05, 3.63) is 64.9 Å². The Bertz CT molecular complexity index is 1090. The van der Waals surface area contributed by atoms with E-state index in [1.54, 1.807) is 31.8 Å². The molecular formula is C19H15N5O2S. The number of nitrogens with zero attached hydrogens (tertiary/aromatic N) is 5. The summed E-state index contributed by atoms with van der Waals surface area (Å²) in [5, 5.41) is 3.87. The predicted molar refractivity (Wildman–Crippen MR) is 100 cm³/mol. The molecule has 8 heteroatoms. The van der Waals surface area contributed by atoms with Crippen molar-refractivity contribution in [2.75, 3.05) is 0 Å². The third-order valence-electron chi connectivity index (χ3n) is 4.14. The molecule has 4 rings (SSSR count). The third-order valence-corrected chi connectivity index (χ3v) is 5.01. The van der Waals surface area contributed by atoms with Crippen LogP contribution >= 0.6 is 11.5 Å². The molecule has 1 aromatic carbocycles. The van der Waals surface area contributed by atoms with Gasteiger partial charge in [-0.15, -0.1) is 5.10 Å². The van der Waals surface area contributed by atoms with Gasteiger partial charge in [0, 0.05) is 17.3 Å². The molecule has 3 aromatic heterocycles. The molecule has 0 bridgehead atoms. The highest BCUT2D eigenvalue weighted by molar-refractivity contribution is 7.08. The van der Waals surface area contributed by atoms with E-state index in [0.29, 0.717) is 22.2 Å². The zero-order valence-corrected chi connectivity index (χ0v) is 15.5. The summed E-state index contributed by atoms with van der Waals surface area (Å²) in [4.78, 5) is 26.0. The minimum Gasteiger partial charge on any atom is -0.445 e. The Kier molecular flexibility index (Phi) is 4.55. The van der Waals surface area contributed by atoms with Gasteiger partial charge in [-0.2, -0.15) is 0 Å². The van der Waals surface area contributed by atoms with Gasteiger partial charge in [0.15, 0.2) is 5.78 Å². The Morgan fingerprint density at radius 2 is 2.04 bits per heavy atom. The summed E-state index contributed by atoms with van der Waals surface area (Å²) in [5.41, 5.74) is 4.86. The minimum absolute atomic E-state index is 0.0494. The van der Waals surface area contributed by atoms with Crippen molar-refractivity contribution in [1.82, 2.24) is 24.5 Å². The lowest BCUT2D eigenvalue weighted by Gasteiger charge is -2.07. The lowest BCUT2D eigenvalue weighted by molar-refractivity contribution is 0.0995. The Labute approximate surface area is 159 Å². The number of aromatic nitrogens is 5. The smallest absolute Gasteiger partial charge is 0.225 e. The maximum atomic E-state index is 12.3. The fourth-order valence-corrected chi connectivity index (χ4v) is 3.31. The Hall–Kier alpha value is -3.26. The fraction of sp³-hybridized carbons (Fsp3) is 0.158. The van der Waals surface area contributed by atoms with E-state index in [9.17, 15) is 4.79 Å². The second-order valence-corrected chi connectivity index (χ2v) is 6.80. The molecule has 0 aliphatic carbocycles. The molecular weight excluding hydrogens is 362 g/mol. The van der Waals surface area contributed by atoms with Crippen molar-refractivity contribution in [1.29, 1.82) is 0 Å². The number of aryl methyl sites for hydroxylation is 2. The predicted octanol–water partition coefficient (Wildman–Crippen LogP) is 3.69. The molecule has 3 heterocycles. The van der Waals surface area contributed by atoms with E-state index in [1.165, 1.54) is 0 Å². The van der Waals surface area contributed by atoms with E-state index in [4.69, 9.17) is 4.42 Å². The second-order valence-electron chi connectivity index (χ2n) is 6.05. The largest absolute Gasteiger partial charge is 0.445 e. The number of ketones is 1. The summed E-state index contributed by atoms with van der Waals surface area (Å²) >= 11 is 1.11. The number of hydrogen-bond donors (Lipinski definition) is 0. The molecule has 0 aliphatic heterocycles. The zero-order valence-electron chi connectivity index (χ0n) is 14.7. The molecule has 0 amide bonds. The van der Waals surface area contributed by atoms with Crippen molar-refractivity contribution in [3.8, 4) is 22.7 Å². The van der Waals surface area contributed by atoms with Gasteiger partial charge >= 0.3 is 0 Å². The summed E-state index contributed by atoms with van der Waals surface area (Å²) in [7, 11) is 0. The van der Waals surface area contributed by atoms with Gasteiger partial charge in [0.1, 0.15) is 11.1 Å². The van der Waals surface area contributed by atoms with Crippen LogP contribution in [-0.4, -0.2) is 30.3 Å².